The van der Waals surface area contributed by atoms with E-state index in [4.69, 9.17) is 0 Å². The second-order valence-electron chi connectivity index (χ2n) is 17.1. The van der Waals surface area contributed by atoms with Crippen LogP contribution in [0.5, 0.6) is 0 Å². The van der Waals surface area contributed by atoms with E-state index < -0.39 is 5.41 Å². The Labute approximate surface area is 404 Å². The molecule has 0 aromatic heterocycles. The van der Waals surface area contributed by atoms with Crippen LogP contribution >= 0.6 is 15.9 Å². The van der Waals surface area contributed by atoms with Crippen LogP contribution in [0.25, 0.3) is 22.5 Å². The fraction of sp³-hybridized carbons (Fsp3) is 0.167. The van der Waals surface area contributed by atoms with E-state index >= 15 is 0 Å². The number of Topliss-reactive ketones (excluding diaryl/α,β-unsaturated/α-hetero) is 2. The van der Waals surface area contributed by atoms with Gasteiger partial charge in [0.1, 0.15) is 0 Å². The van der Waals surface area contributed by atoms with E-state index in [2.05, 4.69) is 126 Å². The Morgan fingerprint density at radius 2 is 1.02 bits per heavy atom. The molecular formula is C60H50BrLiO3. The maximum absolute atomic E-state index is 13.2. The molecular weight excluding hydrogens is 856 g/mol. The Morgan fingerprint density at radius 3 is 1.63 bits per heavy atom. The van der Waals surface area contributed by atoms with Gasteiger partial charge in [0.15, 0.2) is 11.6 Å². The van der Waals surface area contributed by atoms with Crippen molar-refractivity contribution in [3.8, 4) is 0 Å². The summed E-state index contributed by atoms with van der Waals surface area (Å²) >= 11 is 3.13. The third-order valence-corrected chi connectivity index (χ3v) is 13.9. The molecule has 3 nitrogen and oxygen atoms in total. The smallest absolute Gasteiger partial charge is 0.872 e. The van der Waals surface area contributed by atoms with E-state index in [0.717, 1.165) is 89.2 Å². The van der Waals surface area contributed by atoms with Crippen molar-refractivity contribution < 1.29 is 33.6 Å². The molecule has 1 unspecified atom stereocenters. The van der Waals surface area contributed by atoms with Gasteiger partial charge in [-0.25, -0.2) is 0 Å². The number of aryl methyl sites for hydroxylation is 1. The Kier molecular flexibility index (Phi) is 14.0. The third-order valence-electron chi connectivity index (χ3n) is 13.5. The van der Waals surface area contributed by atoms with Crippen molar-refractivity contribution in [1.82, 2.24) is 0 Å². The molecule has 0 fully saturated rings. The van der Waals surface area contributed by atoms with Crippen molar-refractivity contribution in [2.24, 2.45) is 5.41 Å². The maximum atomic E-state index is 13.2. The summed E-state index contributed by atoms with van der Waals surface area (Å²) in [7, 11) is 0. The molecule has 316 valence electrons. The molecule has 65 heavy (non-hydrogen) atoms. The Morgan fingerprint density at radius 1 is 0.523 bits per heavy atom. The molecule has 12 rings (SSSR count). The van der Waals surface area contributed by atoms with Gasteiger partial charge in [-0.2, -0.15) is 0 Å². The minimum atomic E-state index is -0.460. The van der Waals surface area contributed by atoms with E-state index in [0.29, 0.717) is 6.42 Å². The van der Waals surface area contributed by atoms with Crippen LogP contribution in [0.1, 0.15) is 89.2 Å². The molecule has 6 aliphatic carbocycles. The summed E-state index contributed by atoms with van der Waals surface area (Å²) in [4.78, 5) is 25.8. The molecule has 0 saturated carbocycles. The average Bonchev–Trinajstić information content (AvgIpc) is 4.21. The number of carbonyl (C=O) groups excluding carboxylic acids is 2. The predicted octanol–water partition coefficient (Wildman–Crippen LogP) is 9.98. The van der Waals surface area contributed by atoms with E-state index in [1.807, 2.05) is 66.7 Å². The summed E-state index contributed by atoms with van der Waals surface area (Å²) in [5.74, 6) is 0.701. The van der Waals surface area contributed by atoms with Gasteiger partial charge in [-0.1, -0.05) is 192 Å². The Hall–Kier alpha value is -6.02. The van der Waals surface area contributed by atoms with Crippen molar-refractivity contribution in [2.45, 2.75) is 51.4 Å². The van der Waals surface area contributed by atoms with Crippen LogP contribution in [0, 0.1) is 5.41 Å². The van der Waals surface area contributed by atoms with Gasteiger partial charge in [-0.3, -0.25) is 9.59 Å². The second-order valence-corrected chi connectivity index (χ2v) is 17.7. The van der Waals surface area contributed by atoms with Crippen molar-refractivity contribution >= 4 is 50.0 Å². The van der Waals surface area contributed by atoms with Crippen molar-refractivity contribution in [3.05, 3.63) is 261 Å². The molecule has 0 saturated heterocycles. The molecule has 0 radical (unpaired) electrons. The standard InChI is InChI=1S/C21H18O.2C18H14O.C3H5Br.Li/c1-2-13-21(14-16-8-4-6-10-18(16)20(21)22)19-12-11-15-7-3-5-9-17(15)19;2*19-18-15-8-4-2-6-13(15)11-17(18)16-10-9-12-5-1-3-7-14(12)16;1-2-3-4;/h2-10,12H,1,11,13-14H2;1-8H,9-11H2;1-8,10,19H,9,11H2;2H,1,3H2;/q;;;;+1/p-1/b;17-16-;;;. The zero-order valence-electron chi connectivity index (χ0n) is 37.0. The summed E-state index contributed by atoms with van der Waals surface area (Å²) in [6, 6.07) is 49.2. The average molecular weight is 906 g/mol. The van der Waals surface area contributed by atoms with Crippen molar-refractivity contribution in [1.29, 1.82) is 0 Å². The van der Waals surface area contributed by atoms with Gasteiger partial charge < -0.3 is 5.11 Å². The summed E-state index contributed by atoms with van der Waals surface area (Å²) in [5, 5.41) is 13.4. The summed E-state index contributed by atoms with van der Waals surface area (Å²) in [5.41, 5.74) is 19.1. The molecule has 0 bridgehead atoms. The van der Waals surface area contributed by atoms with Crippen LogP contribution in [0.3, 0.4) is 0 Å². The first-order chi connectivity index (χ1) is 31.4. The minimum absolute atomic E-state index is 0. The zero-order chi connectivity index (χ0) is 44.2. The third kappa shape index (κ3) is 8.64. The number of fused-ring (bicyclic) bond motifs is 6. The predicted molar refractivity (Wildman–Crippen MR) is 265 cm³/mol. The van der Waals surface area contributed by atoms with Crippen LogP contribution in [0.2, 0.25) is 0 Å². The quantitative estimate of drug-likeness (QED) is 0.0750. The largest absolute Gasteiger partial charge is 1.00 e. The van der Waals surface area contributed by atoms with Crippen LogP contribution in [-0.4, -0.2) is 16.9 Å². The van der Waals surface area contributed by atoms with Crippen LogP contribution in [0.15, 0.2) is 194 Å². The minimum Gasteiger partial charge on any atom is -0.872 e. The summed E-state index contributed by atoms with van der Waals surface area (Å²) in [6.07, 6.45) is 15.1. The first kappa shape index (κ1) is 45.5. The molecule has 6 aromatic rings. The molecule has 6 aromatic carbocycles. The molecule has 0 spiro atoms. The number of halogens is 1. The first-order valence-corrected chi connectivity index (χ1v) is 23.4. The first-order valence-electron chi connectivity index (χ1n) is 22.3. The second kappa shape index (κ2) is 20.0. The van der Waals surface area contributed by atoms with Gasteiger partial charge in [0.05, 0.1) is 5.41 Å². The van der Waals surface area contributed by atoms with E-state index in [-0.39, 0.29) is 36.2 Å². The molecule has 0 N–H and O–H groups in total. The number of rotatable bonds is 5. The molecule has 6 aliphatic rings. The Balaban J connectivity index is 0.000000127. The normalized spacial score (nSPS) is 18.7. The van der Waals surface area contributed by atoms with Crippen LogP contribution < -0.4 is 24.0 Å². The van der Waals surface area contributed by atoms with Gasteiger partial charge in [0, 0.05) is 28.5 Å². The Bertz CT molecular complexity index is 2980. The molecule has 0 aliphatic heterocycles. The van der Waals surface area contributed by atoms with Crippen LogP contribution in [0.4, 0.5) is 0 Å². The van der Waals surface area contributed by atoms with E-state index in [1.54, 1.807) is 6.08 Å². The van der Waals surface area contributed by atoms with Crippen molar-refractivity contribution in [3.63, 3.8) is 0 Å². The molecule has 0 heterocycles. The fourth-order valence-corrected chi connectivity index (χ4v) is 10.5. The van der Waals surface area contributed by atoms with Gasteiger partial charge in [-0.15, -0.1) is 13.2 Å². The number of hydrogen-bond acceptors (Lipinski definition) is 3. The topological polar surface area (TPSA) is 57.2 Å². The monoisotopic (exact) mass is 904 g/mol. The molecule has 0 amide bonds. The van der Waals surface area contributed by atoms with Crippen molar-refractivity contribution in [2.75, 3.05) is 5.33 Å². The van der Waals surface area contributed by atoms with E-state index in [9.17, 15) is 14.7 Å². The van der Waals surface area contributed by atoms with Crippen LogP contribution in [-0.2, 0) is 38.5 Å². The van der Waals surface area contributed by atoms with Gasteiger partial charge in [-0.05, 0) is 123 Å². The number of carbonyl (C=O) groups is 2. The van der Waals surface area contributed by atoms with Gasteiger partial charge in [0.25, 0.3) is 0 Å². The summed E-state index contributed by atoms with van der Waals surface area (Å²) < 4.78 is 0. The maximum Gasteiger partial charge on any atom is 1.00 e. The number of ketones is 2. The van der Waals surface area contributed by atoms with Gasteiger partial charge >= 0.3 is 18.9 Å². The molecule has 1 atom stereocenters. The number of hydrogen-bond donors (Lipinski definition) is 0. The number of allylic oxidation sites excluding steroid dienone is 9. The number of benzene rings is 6. The molecule has 5 heteroatoms. The SMILES string of the molecule is C=CCBr.C=CCC1(C2=CCc3ccccc32)Cc2ccccc2C1=O.O=C1/C(=C2/CCc3ccccc32)Cc2ccccc21.[Li+].[O-]C1=C(C2=CCc3ccccc32)Cc2ccccc21. The van der Waals surface area contributed by atoms with E-state index in [1.165, 1.54) is 55.7 Å². The fourth-order valence-electron chi connectivity index (χ4n) is 10.5. The zero-order valence-corrected chi connectivity index (χ0v) is 38.6. The summed E-state index contributed by atoms with van der Waals surface area (Å²) in [6.45, 7) is 7.35. The van der Waals surface area contributed by atoms with Gasteiger partial charge in [0.2, 0.25) is 0 Å². The number of alkyl halides is 1.